The van der Waals surface area contributed by atoms with E-state index < -0.39 is 5.67 Å². The molecule has 2 fully saturated rings. The number of alkyl halides is 1. The van der Waals surface area contributed by atoms with E-state index in [2.05, 4.69) is 20.2 Å². The molecule has 1 atom stereocenters. The van der Waals surface area contributed by atoms with E-state index in [1.165, 1.54) is 0 Å². The first-order valence-corrected chi connectivity index (χ1v) is 8.58. The Hall–Kier alpha value is -1.27. The molecule has 0 aromatic carbocycles. The molecule has 0 spiro atoms. The minimum absolute atomic E-state index is 0.323. The predicted molar refractivity (Wildman–Crippen MR) is 88.4 cm³/mol. The number of ether oxygens (including phenoxy) is 1. The average Bonchev–Trinajstić information content (AvgIpc) is 3.00. The Kier molecular flexibility index (Phi) is 5.11. The zero-order chi connectivity index (χ0) is 16.3. The Morgan fingerprint density at radius 1 is 1.35 bits per heavy atom. The zero-order valence-electron chi connectivity index (χ0n) is 14.1. The standard InChI is InChI=1S/C17H27FN4O/c1-13-9-16(21-14(2)20-13)19-12-17(18)4-6-22(7-5-17)10-15-3-8-23-11-15/h9,15H,3-8,10-12H2,1-2H3,(H,19,20,21). The lowest BCUT2D eigenvalue weighted by molar-refractivity contribution is 0.0595. The number of nitrogens with zero attached hydrogens (tertiary/aromatic N) is 3. The summed E-state index contributed by atoms with van der Waals surface area (Å²) >= 11 is 0. The molecule has 0 aliphatic carbocycles. The average molecular weight is 322 g/mol. The maximum Gasteiger partial charge on any atom is 0.130 e. The summed E-state index contributed by atoms with van der Waals surface area (Å²) < 4.78 is 20.4. The van der Waals surface area contributed by atoms with Crippen LogP contribution < -0.4 is 5.32 Å². The number of hydrogen-bond donors (Lipinski definition) is 1. The van der Waals surface area contributed by atoms with Crippen LogP contribution in [0.15, 0.2) is 6.07 Å². The first kappa shape index (κ1) is 16.6. The number of aryl methyl sites for hydroxylation is 2. The largest absolute Gasteiger partial charge is 0.381 e. The molecule has 23 heavy (non-hydrogen) atoms. The van der Waals surface area contributed by atoms with Crippen LogP contribution >= 0.6 is 0 Å². The molecule has 3 heterocycles. The number of aromatic nitrogens is 2. The molecule has 5 nitrogen and oxygen atoms in total. The topological polar surface area (TPSA) is 50.3 Å². The molecule has 0 radical (unpaired) electrons. The number of hydrogen-bond acceptors (Lipinski definition) is 5. The van der Waals surface area contributed by atoms with Crippen LogP contribution in [-0.2, 0) is 4.74 Å². The van der Waals surface area contributed by atoms with Crippen molar-refractivity contribution < 1.29 is 9.13 Å². The third-order valence-electron chi connectivity index (χ3n) is 4.84. The van der Waals surface area contributed by atoms with Gasteiger partial charge in [-0.05, 0) is 39.0 Å². The van der Waals surface area contributed by atoms with Crippen LogP contribution in [0.25, 0.3) is 0 Å². The van der Waals surface area contributed by atoms with Crippen molar-refractivity contribution in [1.29, 1.82) is 0 Å². The fourth-order valence-electron chi connectivity index (χ4n) is 3.46. The fourth-order valence-corrected chi connectivity index (χ4v) is 3.46. The number of anilines is 1. The number of rotatable bonds is 5. The second-order valence-electron chi connectivity index (χ2n) is 6.98. The highest BCUT2D eigenvalue weighted by Gasteiger charge is 2.35. The Bertz CT molecular complexity index is 505. The van der Waals surface area contributed by atoms with Gasteiger partial charge in [0.05, 0.1) is 13.2 Å². The number of piperidine rings is 1. The summed E-state index contributed by atoms with van der Waals surface area (Å²) in [6.45, 7) is 8.56. The molecule has 1 unspecified atom stereocenters. The lowest BCUT2D eigenvalue weighted by Gasteiger charge is -2.37. The van der Waals surface area contributed by atoms with Gasteiger partial charge in [-0.1, -0.05) is 0 Å². The summed E-state index contributed by atoms with van der Waals surface area (Å²) in [5, 5.41) is 3.16. The summed E-state index contributed by atoms with van der Waals surface area (Å²) in [6.07, 6.45) is 2.30. The van der Waals surface area contributed by atoms with Gasteiger partial charge in [0, 0.05) is 38.0 Å². The Labute approximate surface area is 137 Å². The molecule has 0 saturated carbocycles. The van der Waals surface area contributed by atoms with Gasteiger partial charge in [0.15, 0.2) is 0 Å². The monoisotopic (exact) mass is 322 g/mol. The van der Waals surface area contributed by atoms with Crippen LogP contribution in [-0.4, -0.2) is 59.9 Å². The van der Waals surface area contributed by atoms with Crippen LogP contribution in [0.5, 0.6) is 0 Å². The van der Waals surface area contributed by atoms with Crippen LogP contribution in [0.4, 0.5) is 10.2 Å². The second kappa shape index (κ2) is 7.09. The molecule has 0 amide bonds. The van der Waals surface area contributed by atoms with Gasteiger partial charge < -0.3 is 15.0 Å². The van der Waals surface area contributed by atoms with Gasteiger partial charge in [0.1, 0.15) is 17.3 Å². The number of nitrogens with one attached hydrogen (secondary N) is 1. The smallest absolute Gasteiger partial charge is 0.130 e. The van der Waals surface area contributed by atoms with E-state index in [0.29, 0.717) is 31.1 Å². The molecule has 1 N–H and O–H groups in total. The van der Waals surface area contributed by atoms with Gasteiger partial charge in [0.2, 0.25) is 0 Å². The van der Waals surface area contributed by atoms with E-state index in [4.69, 9.17) is 4.74 Å². The van der Waals surface area contributed by atoms with E-state index >= 15 is 0 Å². The van der Waals surface area contributed by atoms with Crippen molar-refractivity contribution in [2.24, 2.45) is 5.92 Å². The molecule has 6 heteroatoms. The summed E-state index contributed by atoms with van der Waals surface area (Å²) in [6, 6.07) is 1.87. The fraction of sp³-hybridized carbons (Fsp3) is 0.765. The summed E-state index contributed by atoms with van der Waals surface area (Å²) in [7, 11) is 0. The quantitative estimate of drug-likeness (QED) is 0.902. The van der Waals surface area contributed by atoms with Gasteiger partial charge in [0.25, 0.3) is 0 Å². The minimum Gasteiger partial charge on any atom is -0.381 e. The van der Waals surface area contributed by atoms with E-state index in [0.717, 1.165) is 50.8 Å². The van der Waals surface area contributed by atoms with Gasteiger partial charge in [-0.3, -0.25) is 0 Å². The summed E-state index contributed by atoms with van der Waals surface area (Å²) in [5.74, 6) is 2.07. The first-order chi connectivity index (χ1) is 11.0. The lowest BCUT2D eigenvalue weighted by atomic mass is 9.92. The Balaban J connectivity index is 1.47. The third kappa shape index (κ3) is 4.61. The molecular weight excluding hydrogens is 295 g/mol. The van der Waals surface area contributed by atoms with Crippen LogP contribution in [0.1, 0.15) is 30.8 Å². The minimum atomic E-state index is -1.14. The number of halogens is 1. The molecular formula is C17H27FN4O. The molecule has 2 saturated heterocycles. The van der Waals surface area contributed by atoms with E-state index in [1.807, 2.05) is 19.9 Å². The van der Waals surface area contributed by atoms with Crippen molar-refractivity contribution in [2.45, 2.75) is 38.8 Å². The number of likely N-dealkylation sites (tertiary alicyclic amines) is 1. The van der Waals surface area contributed by atoms with Crippen molar-refractivity contribution in [3.05, 3.63) is 17.6 Å². The molecule has 1 aromatic rings. The van der Waals surface area contributed by atoms with E-state index in [1.54, 1.807) is 0 Å². The van der Waals surface area contributed by atoms with Gasteiger partial charge >= 0.3 is 0 Å². The normalized spacial score (nSPS) is 24.7. The van der Waals surface area contributed by atoms with Crippen molar-refractivity contribution in [2.75, 3.05) is 44.7 Å². The SMILES string of the molecule is Cc1cc(NCC2(F)CCN(CC3CCOC3)CC2)nc(C)n1. The molecule has 128 valence electrons. The highest BCUT2D eigenvalue weighted by atomic mass is 19.1. The van der Waals surface area contributed by atoms with Crippen molar-refractivity contribution in [3.63, 3.8) is 0 Å². The van der Waals surface area contributed by atoms with Crippen molar-refractivity contribution in [1.82, 2.24) is 14.9 Å². The van der Waals surface area contributed by atoms with Gasteiger partial charge in [-0.2, -0.15) is 0 Å². The van der Waals surface area contributed by atoms with Gasteiger partial charge in [-0.15, -0.1) is 0 Å². The summed E-state index contributed by atoms with van der Waals surface area (Å²) in [4.78, 5) is 10.9. The van der Waals surface area contributed by atoms with Crippen molar-refractivity contribution >= 4 is 5.82 Å². The van der Waals surface area contributed by atoms with Crippen LogP contribution in [0, 0.1) is 19.8 Å². The highest BCUT2D eigenvalue weighted by molar-refractivity contribution is 5.36. The second-order valence-corrected chi connectivity index (χ2v) is 6.98. The highest BCUT2D eigenvalue weighted by Crippen LogP contribution is 2.28. The Morgan fingerprint density at radius 3 is 2.78 bits per heavy atom. The third-order valence-corrected chi connectivity index (χ3v) is 4.84. The Morgan fingerprint density at radius 2 is 2.13 bits per heavy atom. The van der Waals surface area contributed by atoms with Crippen molar-refractivity contribution in [3.8, 4) is 0 Å². The lowest BCUT2D eigenvalue weighted by Crippen LogP contribution is -2.46. The maximum absolute atomic E-state index is 15.0. The molecule has 2 aliphatic rings. The van der Waals surface area contributed by atoms with Crippen LogP contribution in [0.2, 0.25) is 0 Å². The maximum atomic E-state index is 15.0. The van der Waals surface area contributed by atoms with Crippen LogP contribution in [0.3, 0.4) is 0 Å². The van der Waals surface area contributed by atoms with E-state index in [9.17, 15) is 4.39 Å². The first-order valence-electron chi connectivity index (χ1n) is 8.58. The molecule has 0 bridgehead atoms. The zero-order valence-corrected chi connectivity index (χ0v) is 14.1. The molecule has 2 aliphatic heterocycles. The predicted octanol–water partition coefficient (Wildman–Crippen LogP) is 2.35. The van der Waals surface area contributed by atoms with E-state index in [-0.39, 0.29) is 0 Å². The summed E-state index contributed by atoms with van der Waals surface area (Å²) in [5.41, 5.74) is -0.239. The molecule has 3 rings (SSSR count). The molecule has 1 aromatic heterocycles. The van der Waals surface area contributed by atoms with Gasteiger partial charge in [-0.25, -0.2) is 14.4 Å².